The maximum absolute atomic E-state index is 4.38. The highest BCUT2D eigenvalue weighted by molar-refractivity contribution is 7.09. The normalized spacial score (nSPS) is 17.8. The van der Waals surface area contributed by atoms with Crippen molar-refractivity contribution in [3.05, 3.63) is 16.6 Å². The molecule has 17 heavy (non-hydrogen) atoms. The fourth-order valence-corrected chi connectivity index (χ4v) is 3.13. The van der Waals surface area contributed by atoms with E-state index in [0.29, 0.717) is 0 Å². The Hall–Kier alpha value is -0.450. The molecule has 0 unspecified atom stereocenters. The van der Waals surface area contributed by atoms with Gasteiger partial charge in [0.1, 0.15) is 5.01 Å². The first kappa shape index (κ1) is 13.0. The van der Waals surface area contributed by atoms with Gasteiger partial charge in [-0.3, -0.25) is 0 Å². The first-order chi connectivity index (χ1) is 8.18. The van der Waals surface area contributed by atoms with Crippen molar-refractivity contribution in [2.24, 2.45) is 0 Å². The lowest BCUT2D eigenvalue weighted by molar-refractivity contribution is 0.389. The molecule has 0 radical (unpaired) electrons. The summed E-state index contributed by atoms with van der Waals surface area (Å²) in [5.41, 5.74) is -0.00841. The van der Waals surface area contributed by atoms with Crippen LogP contribution in [0.4, 0.5) is 0 Å². The molecule has 3 nitrogen and oxygen atoms in total. The maximum atomic E-state index is 4.38. The molecular formula is C13H23N3S. The molecule has 0 spiro atoms. The molecule has 2 rings (SSSR count). The van der Waals surface area contributed by atoms with Crippen molar-refractivity contribution in [2.45, 2.75) is 51.1 Å². The molecule has 2 N–H and O–H groups in total. The summed E-state index contributed by atoms with van der Waals surface area (Å²) in [6, 6.07) is 0.764. The quantitative estimate of drug-likeness (QED) is 0.765. The van der Waals surface area contributed by atoms with Crippen LogP contribution in [-0.2, 0) is 5.54 Å². The number of aromatic nitrogens is 1. The Balaban J connectivity index is 1.67. The van der Waals surface area contributed by atoms with Crippen LogP contribution in [0, 0.1) is 0 Å². The van der Waals surface area contributed by atoms with Crippen molar-refractivity contribution in [3.8, 4) is 0 Å². The highest BCUT2D eigenvalue weighted by Crippen LogP contribution is 2.21. The van der Waals surface area contributed by atoms with Gasteiger partial charge in [0, 0.05) is 30.7 Å². The van der Waals surface area contributed by atoms with Crippen LogP contribution >= 0.6 is 11.3 Å². The second kappa shape index (κ2) is 5.94. The molecule has 0 saturated heterocycles. The summed E-state index contributed by atoms with van der Waals surface area (Å²) in [7, 11) is 0. The molecule has 1 aliphatic carbocycles. The summed E-state index contributed by atoms with van der Waals surface area (Å²) in [6.45, 7) is 6.45. The Bertz CT molecular complexity index is 315. The second-order valence-electron chi connectivity index (χ2n) is 5.32. The second-order valence-corrected chi connectivity index (χ2v) is 6.22. The number of nitrogens with zero attached hydrogens (tertiary/aromatic N) is 1. The molecule has 1 fully saturated rings. The highest BCUT2D eigenvalue weighted by Gasteiger charge is 2.22. The zero-order chi connectivity index (χ0) is 12.1. The standard InChI is InChI=1S/C13H23N3S/c1-13(2,12-15-9-10-17-12)16-8-7-14-11-5-3-4-6-11/h9-11,14,16H,3-8H2,1-2H3. The van der Waals surface area contributed by atoms with Crippen molar-refractivity contribution in [1.29, 1.82) is 0 Å². The van der Waals surface area contributed by atoms with E-state index in [4.69, 9.17) is 0 Å². The maximum Gasteiger partial charge on any atom is 0.112 e. The topological polar surface area (TPSA) is 37.0 Å². The van der Waals surface area contributed by atoms with E-state index in [9.17, 15) is 0 Å². The van der Waals surface area contributed by atoms with Gasteiger partial charge in [0.05, 0.1) is 5.54 Å². The van der Waals surface area contributed by atoms with Gasteiger partial charge in [-0.25, -0.2) is 4.98 Å². The molecule has 1 aliphatic rings. The Morgan fingerprint density at radius 1 is 1.35 bits per heavy atom. The average molecular weight is 253 g/mol. The zero-order valence-electron chi connectivity index (χ0n) is 10.8. The molecular weight excluding hydrogens is 230 g/mol. The molecule has 0 aliphatic heterocycles. The lowest BCUT2D eigenvalue weighted by Gasteiger charge is -2.24. The van der Waals surface area contributed by atoms with E-state index in [1.807, 2.05) is 11.6 Å². The van der Waals surface area contributed by atoms with Crippen LogP contribution < -0.4 is 10.6 Å². The molecule has 1 heterocycles. The summed E-state index contributed by atoms with van der Waals surface area (Å²) in [6.07, 6.45) is 7.39. The molecule has 4 heteroatoms. The van der Waals surface area contributed by atoms with Gasteiger partial charge in [-0.1, -0.05) is 12.8 Å². The minimum atomic E-state index is -0.00841. The first-order valence-corrected chi connectivity index (χ1v) is 7.45. The SMILES string of the molecule is CC(C)(NCCNC1CCCC1)c1nccs1. The predicted octanol–water partition coefficient (Wildman–Crippen LogP) is 2.50. The third kappa shape index (κ3) is 3.76. The predicted molar refractivity (Wildman–Crippen MR) is 73.4 cm³/mol. The minimum absolute atomic E-state index is 0.00841. The van der Waals surface area contributed by atoms with Crippen LogP contribution in [0.1, 0.15) is 44.5 Å². The van der Waals surface area contributed by atoms with Gasteiger partial charge < -0.3 is 10.6 Å². The number of hydrogen-bond donors (Lipinski definition) is 2. The van der Waals surface area contributed by atoms with Crippen molar-refractivity contribution >= 4 is 11.3 Å². The lowest BCUT2D eigenvalue weighted by Crippen LogP contribution is -2.42. The number of rotatable bonds is 6. The molecule has 1 aromatic rings. The van der Waals surface area contributed by atoms with E-state index in [-0.39, 0.29) is 5.54 Å². The first-order valence-electron chi connectivity index (χ1n) is 6.57. The van der Waals surface area contributed by atoms with E-state index in [1.165, 1.54) is 30.7 Å². The third-order valence-electron chi connectivity index (χ3n) is 3.45. The molecule has 96 valence electrons. The van der Waals surface area contributed by atoms with Gasteiger partial charge in [0.2, 0.25) is 0 Å². The van der Waals surface area contributed by atoms with E-state index in [1.54, 1.807) is 11.3 Å². The monoisotopic (exact) mass is 253 g/mol. The fourth-order valence-electron chi connectivity index (χ4n) is 2.39. The summed E-state index contributed by atoms with van der Waals surface area (Å²) in [4.78, 5) is 4.38. The van der Waals surface area contributed by atoms with Crippen LogP contribution in [0.5, 0.6) is 0 Å². The number of thiazole rings is 1. The Kier molecular flexibility index (Phi) is 4.54. The Morgan fingerprint density at radius 2 is 2.12 bits per heavy atom. The van der Waals surface area contributed by atoms with E-state index in [0.717, 1.165) is 19.1 Å². The van der Waals surface area contributed by atoms with Crippen LogP contribution in [0.25, 0.3) is 0 Å². The third-order valence-corrected chi connectivity index (χ3v) is 4.54. The van der Waals surface area contributed by atoms with Gasteiger partial charge in [-0.05, 0) is 26.7 Å². The van der Waals surface area contributed by atoms with E-state index < -0.39 is 0 Å². The average Bonchev–Trinajstić information content (AvgIpc) is 2.97. The molecule has 1 saturated carbocycles. The van der Waals surface area contributed by atoms with E-state index >= 15 is 0 Å². The molecule has 0 aromatic carbocycles. The summed E-state index contributed by atoms with van der Waals surface area (Å²) < 4.78 is 0. The largest absolute Gasteiger partial charge is 0.313 e. The van der Waals surface area contributed by atoms with Crippen molar-refractivity contribution in [3.63, 3.8) is 0 Å². The van der Waals surface area contributed by atoms with Crippen molar-refractivity contribution < 1.29 is 0 Å². The minimum Gasteiger partial charge on any atom is -0.313 e. The van der Waals surface area contributed by atoms with Crippen LogP contribution in [0.2, 0.25) is 0 Å². The van der Waals surface area contributed by atoms with E-state index in [2.05, 4.69) is 29.5 Å². The number of hydrogen-bond acceptors (Lipinski definition) is 4. The van der Waals surface area contributed by atoms with Crippen LogP contribution in [0.3, 0.4) is 0 Å². The van der Waals surface area contributed by atoms with Gasteiger partial charge >= 0.3 is 0 Å². The summed E-state index contributed by atoms with van der Waals surface area (Å²) >= 11 is 1.72. The van der Waals surface area contributed by atoms with Crippen molar-refractivity contribution in [1.82, 2.24) is 15.6 Å². The Labute approximate surface area is 108 Å². The van der Waals surface area contributed by atoms with Crippen LogP contribution in [-0.4, -0.2) is 24.1 Å². The fraction of sp³-hybridized carbons (Fsp3) is 0.769. The summed E-state index contributed by atoms with van der Waals surface area (Å²) in [5, 5.41) is 10.4. The smallest absolute Gasteiger partial charge is 0.112 e. The van der Waals surface area contributed by atoms with Gasteiger partial charge in [-0.15, -0.1) is 11.3 Å². The van der Waals surface area contributed by atoms with Crippen molar-refractivity contribution in [2.75, 3.05) is 13.1 Å². The molecule has 1 aromatic heterocycles. The Morgan fingerprint density at radius 3 is 2.76 bits per heavy atom. The number of nitrogens with one attached hydrogen (secondary N) is 2. The van der Waals surface area contributed by atoms with Gasteiger partial charge in [0.25, 0.3) is 0 Å². The molecule has 0 bridgehead atoms. The van der Waals surface area contributed by atoms with Crippen LogP contribution in [0.15, 0.2) is 11.6 Å². The molecule has 0 atom stereocenters. The molecule has 0 amide bonds. The van der Waals surface area contributed by atoms with Gasteiger partial charge in [0.15, 0.2) is 0 Å². The summed E-state index contributed by atoms with van der Waals surface area (Å²) in [5.74, 6) is 0. The zero-order valence-corrected chi connectivity index (χ0v) is 11.6. The lowest BCUT2D eigenvalue weighted by atomic mass is 10.1. The van der Waals surface area contributed by atoms with Gasteiger partial charge in [-0.2, -0.15) is 0 Å². The highest BCUT2D eigenvalue weighted by atomic mass is 32.1.